The molecule has 2 aliphatic rings. The molecule has 3 rings (SSSR count). The second kappa shape index (κ2) is 7.24. The molecule has 0 aromatic heterocycles. The first-order chi connectivity index (χ1) is 10.6. The van der Waals surface area contributed by atoms with Crippen LogP contribution in [0.1, 0.15) is 37.3 Å². The van der Waals surface area contributed by atoms with Crippen LogP contribution in [0.3, 0.4) is 0 Å². The molecule has 2 N–H and O–H groups in total. The highest BCUT2D eigenvalue weighted by molar-refractivity contribution is 7.99. The predicted molar refractivity (Wildman–Crippen MR) is 93.2 cm³/mol. The van der Waals surface area contributed by atoms with E-state index in [0.29, 0.717) is 5.91 Å². The molecule has 22 heavy (non-hydrogen) atoms. The Bertz CT molecular complexity index is 522. The number of halogens is 1. The molecule has 1 saturated carbocycles. The number of carbonyl (C=O) groups excluding carboxylic acids is 1. The topological polar surface area (TPSA) is 46.3 Å². The van der Waals surface area contributed by atoms with Crippen LogP contribution in [0.4, 0.5) is 0 Å². The Labute approximate surface area is 141 Å². The summed E-state index contributed by atoms with van der Waals surface area (Å²) in [5, 5.41) is 0.739. The van der Waals surface area contributed by atoms with Crippen molar-refractivity contribution in [3.05, 3.63) is 34.9 Å². The first-order valence-electron chi connectivity index (χ1n) is 8.04. The van der Waals surface area contributed by atoms with E-state index in [4.69, 9.17) is 17.3 Å². The lowest BCUT2D eigenvalue weighted by molar-refractivity contribution is -0.138. The molecule has 0 spiro atoms. The SMILES string of the molecule is NC1CCCC(C(=O)N2CCSCC2c2ccc(Cl)cc2)C1. The van der Waals surface area contributed by atoms with E-state index in [1.54, 1.807) is 0 Å². The molecule has 1 heterocycles. The van der Waals surface area contributed by atoms with Gasteiger partial charge in [0.05, 0.1) is 6.04 Å². The Morgan fingerprint density at radius 2 is 2.05 bits per heavy atom. The molecule has 3 nitrogen and oxygen atoms in total. The minimum Gasteiger partial charge on any atom is -0.334 e. The molecular weight excluding hydrogens is 316 g/mol. The number of rotatable bonds is 2. The quantitative estimate of drug-likeness (QED) is 0.898. The highest BCUT2D eigenvalue weighted by Gasteiger charge is 2.34. The van der Waals surface area contributed by atoms with E-state index >= 15 is 0 Å². The Kier molecular flexibility index (Phi) is 5.32. The first kappa shape index (κ1) is 16.2. The van der Waals surface area contributed by atoms with Crippen molar-refractivity contribution in [1.29, 1.82) is 0 Å². The molecule has 1 aliphatic heterocycles. The third kappa shape index (κ3) is 3.61. The van der Waals surface area contributed by atoms with Gasteiger partial charge in [-0.25, -0.2) is 0 Å². The molecule has 3 unspecified atom stereocenters. The van der Waals surface area contributed by atoms with Gasteiger partial charge in [0.15, 0.2) is 0 Å². The Balaban J connectivity index is 1.77. The highest BCUT2D eigenvalue weighted by atomic mass is 35.5. The fourth-order valence-corrected chi connectivity index (χ4v) is 4.73. The summed E-state index contributed by atoms with van der Waals surface area (Å²) in [4.78, 5) is 15.1. The summed E-state index contributed by atoms with van der Waals surface area (Å²) in [6.45, 7) is 0.836. The maximum atomic E-state index is 13.0. The van der Waals surface area contributed by atoms with Gasteiger partial charge in [0.25, 0.3) is 0 Å². The van der Waals surface area contributed by atoms with E-state index in [1.165, 1.54) is 5.56 Å². The molecule has 0 bridgehead atoms. The maximum Gasteiger partial charge on any atom is 0.226 e. The van der Waals surface area contributed by atoms with E-state index in [9.17, 15) is 4.79 Å². The van der Waals surface area contributed by atoms with Gasteiger partial charge >= 0.3 is 0 Å². The first-order valence-corrected chi connectivity index (χ1v) is 9.57. The van der Waals surface area contributed by atoms with Crippen molar-refractivity contribution in [2.24, 2.45) is 11.7 Å². The minimum atomic E-state index is 0.113. The molecule has 3 atom stereocenters. The van der Waals surface area contributed by atoms with Crippen LogP contribution < -0.4 is 5.73 Å². The number of amides is 1. The van der Waals surface area contributed by atoms with Crippen molar-refractivity contribution < 1.29 is 4.79 Å². The standard InChI is InChI=1S/C17H23ClN2OS/c18-14-6-4-12(5-7-14)16-11-22-9-8-20(16)17(21)13-2-1-3-15(19)10-13/h4-7,13,15-16H,1-3,8-11,19H2. The zero-order valence-corrected chi connectivity index (χ0v) is 14.3. The number of carbonyl (C=O) groups is 1. The van der Waals surface area contributed by atoms with Crippen LogP contribution >= 0.6 is 23.4 Å². The number of nitrogens with zero attached hydrogens (tertiary/aromatic N) is 1. The van der Waals surface area contributed by atoms with Crippen molar-refractivity contribution in [2.45, 2.75) is 37.8 Å². The van der Waals surface area contributed by atoms with Crippen LogP contribution in [-0.4, -0.2) is 34.9 Å². The zero-order valence-electron chi connectivity index (χ0n) is 12.7. The summed E-state index contributed by atoms with van der Waals surface area (Å²) < 4.78 is 0. The third-order valence-electron chi connectivity index (χ3n) is 4.73. The van der Waals surface area contributed by atoms with E-state index in [2.05, 4.69) is 4.90 Å². The molecule has 0 radical (unpaired) electrons. The Morgan fingerprint density at radius 3 is 2.77 bits per heavy atom. The Morgan fingerprint density at radius 1 is 1.27 bits per heavy atom. The van der Waals surface area contributed by atoms with Gasteiger partial charge in [0.1, 0.15) is 0 Å². The Hall–Kier alpha value is -0.710. The third-order valence-corrected chi connectivity index (χ3v) is 6.01. The van der Waals surface area contributed by atoms with Crippen LogP contribution in [0, 0.1) is 5.92 Å². The fraction of sp³-hybridized carbons (Fsp3) is 0.588. The van der Waals surface area contributed by atoms with Crippen molar-refractivity contribution >= 4 is 29.3 Å². The lowest BCUT2D eigenvalue weighted by Crippen LogP contribution is -2.46. The summed E-state index contributed by atoms with van der Waals surface area (Å²) in [5.41, 5.74) is 7.25. The monoisotopic (exact) mass is 338 g/mol. The number of nitrogens with two attached hydrogens (primary N) is 1. The molecule has 1 saturated heterocycles. The zero-order chi connectivity index (χ0) is 15.5. The molecule has 2 fully saturated rings. The summed E-state index contributed by atoms with van der Waals surface area (Å²) in [6.07, 6.45) is 3.96. The minimum absolute atomic E-state index is 0.113. The van der Waals surface area contributed by atoms with Gasteiger partial charge < -0.3 is 10.6 Å². The van der Waals surface area contributed by atoms with Crippen molar-refractivity contribution in [3.8, 4) is 0 Å². The molecule has 1 aromatic rings. The second-order valence-electron chi connectivity index (χ2n) is 6.30. The maximum absolute atomic E-state index is 13.0. The molecular formula is C17H23ClN2OS. The van der Waals surface area contributed by atoms with Crippen molar-refractivity contribution in [3.63, 3.8) is 0 Å². The molecule has 1 aromatic carbocycles. The number of hydrogen-bond acceptors (Lipinski definition) is 3. The lowest BCUT2D eigenvalue weighted by Gasteiger charge is -2.39. The van der Waals surface area contributed by atoms with Crippen molar-refractivity contribution in [2.75, 3.05) is 18.1 Å². The summed E-state index contributed by atoms with van der Waals surface area (Å²) >= 11 is 7.91. The average molecular weight is 339 g/mol. The summed E-state index contributed by atoms with van der Waals surface area (Å²) in [7, 11) is 0. The van der Waals surface area contributed by atoms with Crippen molar-refractivity contribution in [1.82, 2.24) is 4.90 Å². The lowest BCUT2D eigenvalue weighted by atomic mass is 9.85. The molecule has 120 valence electrons. The van der Waals surface area contributed by atoms with Gasteiger partial charge in [0.2, 0.25) is 5.91 Å². The smallest absolute Gasteiger partial charge is 0.226 e. The highest BCUT2D eigenvalue weighted by Crippen LogP contribution is 2.34. The van der Waals surface area contributed by atoms with Gasteiger partial charge in [-0.2, -0.15) is 11.8 Å². The second-order valence-corrected chi connectivity index (χ2v) is 7.88. The van der Waals surface area contributed by atoms with E-state index in [-0.39, 0.29) is 18.0 Å². The summed E-state index contributed by atoms with van der Waals surface area (Å²) in [6, 6.07) is 8.28. The summed E-state index contributed by atoms with van der Waals surface area (Å²) in [5.74, 6) is 2.40. The van der Waals surface area contributed by atoms with Crippen LogP contribution in [0.2, 0.25) is 5.02 Å². The molecule has 1 aliphatic carbocycles. The van der Waals surface area contributed by atoms with Crippen LogP contribution in [0.25, 0.3) is 0 Å². The van der Waals surface area contributed by atoms with Crippen LogP contribution in [-0.2, 0) is 4.79 Å². The van der Waals surface area contributed by atoms with Crippen LogP contribution in [0.5, 0.6) is 0 Å². The van der Waals surface area contributed by atoms with Gasteiger partial charge in [0, 0.05) is 35.0 Å². The number of hydrogen-bond donors (Lipinski definition) is 1. The van der Waals surface area contributed by atoms with Crippen LogP contribution in [0.15, 0.2) is 24.3 Å². The average Bonchev–Trinajstić information content (AvgIpc) is 2.55. The normalized spacial score (nSPS) is 29.4. The number of benzene rings is 1. The van der Waals surface area contributed by atoms with Gasteiger partial charge in [-0.1, -0.05) is 30.2 Å². The predicted octanol–water partition coefficient (Wildman–Crippen LogP) is 3.47. The van der Waals surface area contributed by atoms with E-state index in [1.807, 2.05) is 36.0 Å². The number of thioether (sulfide) groups is 1. The van der Waals surface area contributed by atoms with E-state index < -0.39 is 0 Å². The van der Waals surface area contributed by atoms with Gasteiger partial charge in [-0.15, -0.1) is 0 Å². The van der Waals surface area contributed by atoms with Gasteiger partial charge in [-0.3, -0.25) is 4.79 Å². The fourth-order valence-electron chi connectivity index (χ4n) is 3.51. The van der Waals surface area contributed by atoms with E-state index in [0.717, 1.165) is 48.8 Å². The molecule has 5 heteroatoms. The van der Waals surface area contributed by atoms with Gasteiger partial charge in [-0.05, 0) is 37.0 Å². The molecule has 1 amide bonds. The largest absolute Gasteiger partial charge is 0.334 e.